The number of aromatic carboxylic acids is 1. The molecular formula is C24H19N7O3. The predicted octanol–water partition coefficient (Wildman–Crippen LogP) is 3.29. The van der Waals surface area contributed by atoms with Gasteiger partial charge in [0.1, 0.15) is 22.7 Å². The molecule has 5 aromatic rings. The van der Waals surface area contributed by atoms with E-state index >= 15 is 0 Å². The lowest BCUT2D eigenvalue weighted by atomic mass is 10.0. The number of rotatable bonds is 6. The summed E-state index contributed by atoms with van der Waals surface area (Å²) in [5.74, 6) is -0.312. The van der Waals surface area contributed by atoms with Crippen LogP contribution in [0.1, 0.15) is 16.1 Å². The maximum Gasteiger partial charge on any atom is 0.336 e. The smallest absolute Gasteiger partial charge is 0.336 e. The van der Waals surface area contributed by atoms with Gasteiger partial charge in [0.25, 0.3) is 0 Å². The number of aromatic nitrogens is 6. The Balaban J connectivity index is 1.48. The van der Waals surface area contributed by atoms with Crippen molar-refractivity contribution in [1.29, 1.82) is 0 Å². The molecule has 10 nitrogen and oxygen atoms in total. The maximum atomic E-state index is 11.6. The lowest BCUT2D eigenvalue weighted by Crippen LogP contribution is -2.04. The van der Waals surface area contributed by atoms with Crippen molar-refractivity contribution in [2.75, 3.05) is 12.8 Å². The zero-order chi connectivity index (χ0) is 23.7. The van der Waals surface area contributed by atoms with E-state index in [1.165, 1.54) is 0 Å². The molecule has 0 bridgehead atoms. The third-order valence-electron chi connectivity index (χ3n) is 5.27. The number of hydrogen-bond donors (Lipinski definition) is 2. The van der Waals surface area contributed by atoms with E-state index < -0.39 is 5.97 Å². The number of nitrogens with two attached hydrogens (primary N) is 1. The lowest BCUT2D eigenvalue weighted by Gasteiger charge is -2.08. The van der Waals surface area contributed by atoms with Gasteiger partial charge in [-0.2, -0.15) is 0 Å². The Morgan fingerprint density at radius 1 is 1.00 bits per heavy atom. The summed E-state index contributed by atoms with van der Waals surface area (Å²) in [6, 6.07) is 17.7. The Kier molecular flexibility index (Phi) is 5.30. The average molecular weight is 453 g/mol. The molecule has 10 heteroatoms. The molecule has 0 aliphatic carbocycles. The highest BCUT2D eigenvalue weighted by molar-refractivity contribution is 5.96. The summed E-state index contributed by atoms with van der Waals surface area (Å²) < 4.78 is 7.03. The van der Waals surface area contributed by atoms with Crippen LogP contribution in [0.25, 0.3) is 33.5 Å². The van der Waals surface area contributed by atoms with E-state index in [0.717, 1.165) is 5.39 Å². The zero-order valence-corrected chi connectivity index (χ0v) is 18.1. The van der Waals surface area contributed by atoms with Crippen LogP contribution in [0.2, 0.25) is 0 Å². The van der Waals surface area contributed by atoms with E-state index in [0.29, 0.717) is 46.2 Å². The number of nitrogens with zero attached hydrogens (tertiary/aromatic N) is 6. The number of carboxylic acid groups (broad SMARTS) is 1. The van der Waals surface area contributed by atoms with Crippen LogP contribution in [-0.2, 0) is 6.54 Å². The second-order valence-electron chi connectivity index (χ2n) is 7.45. The molecule has 3 aromatic heterocycles. The quantitative estimate of drug-likeness (QED) is 0.396. The van der Waals surface area contributed by atoms with Gasteiger partial charge in [0.05, 0.1) is 36.8 Å². The van der Waals surface area contributed by atoms with Crippen LogP contribution in [0.3, 0.4) is 0 Å². The molecule has 0 aliphatic rings. The molecule has 34 heavy (non-hydrogen) atoms. The van der Waals surface area contributed by atoms with Gasteiger partial charge in [-0.1, -0.05) is 41.6 Å². The van der Waals surface area contributed by atoms with Gasteiger partial charge in [0, 0.05) is 10.9 Å². The van der Waals surface area contributed by atoms with Crippen LogP contribution in [0.15, 0.2) is 66.9 Å². The van der Waals surface area contributed by atoms with Gasteiger partial charge in [-0.15, -0.1) is 5.10 Å². The first-order chi connectivity index (χ1) is 16.5. The van der Waals surface area contributed by atoms with Crippen molar-refractivity contribution in [2.24, 2.45) is 0 Å². The Labute approximate surface area is 193 Å². The number of para-hydroxylation sites is 1. The van der Waals surface area contributed by atoms with Crippen LogP contribution in [-0.4, -0.2) is 48.1 Å². The second-order valence-corrected chi connectivity index (χ2v) is 7.45. The Morgan fingerprint density at radius 3 is 2.65 bits per heavy atom. The van der Waals surface area contributed by atoms with Gasteiger partial charge in [-0.25, -0.2) is 19.4 Å². The fraction of sp³-hybridized carbons (Fsp3) is 0.0833. The van der Waals surface area contributed by atoms with Gasteiger partial charge < -0.3 is 15.6 Å². The van der Waals surface area contributed by atoms with Crippen molar-refractivity contribution in [2.45, 2.75) is 6.54 Å². The molecule has 3 heterocycles. The summed E-state index contributed by atoms with van der Waals surface area (Å²) in [5.41, 5.74) is 9.61. The van der Waals surface area contributed by atoms with Crippen LogP contribution in [0.4, 0.5) is 5.95 Å². The number of hydrogen-bond acceptors (Lipinski definition) is 8. The van der Waals surface area contributed by atoms with Crippen LogP contribution in [0, 0.1) is 0 Å². The van der Waals surface area contributed by atoms with Crippen molar-refractivity contribution < 1.29 is 14.6 Å². The van der Waals surface area contributed by atoms with E-state index in [2.05, 4.69) is 25.3 Å². The van der Waals surface area contributed by atoms with E-state index in [1.54, 1.807) is 54.4 Å². The summed E-state index contributed by atoms with van der Waals surface area (Å²) in [4.78, 5) is 24.9. The summed E-state index contributed by atoms with van der Waals surface area (Å²) in [6.45, 7) is 0.331. The third kappa shape index (κ3) is 3.88. The number of fused-ring (bicyclic) bond motifs is 1. The van der Waals surface area contributed by atoms with Gasteiger partial charge in [-0.3, -0.25) is 4.98 Å². The summed E-state index contributed by atoms with van der Waals surface area (Å²) in [7, 11) is 1.57. The van der Waals surface area contributed by atoms with Gasteiger partial charge in [0.15, 0.2) is 0 Å². The minimum atomic E-state index is -1.00. The molecule has 0 radical (unpaired) electrons. The maximum absolute atomic E-state index is 11.6. The first-order valence-electron chi connectivity index (χ1n) is 10.3. The van der Waals surface area contributed by atoms with Gasteiger partial charge in [0.2, 0.25) is 5.95 Å². The molecule has 0 spiro atoms. The number of ether oxygens (including phenoxy) is 1. The molecular weight excluding hydrogens is 434 g/mol. The fourth-order valence-corrected chi connectivity index (χ4v) is 3.76. The third-order valence-corrected chi connectivity index (χ3v) is 5.27. The highest BCUT2D eigenvalue weighted by Crippen LogP contribution is 2.30. The second kappa shape index (κ2) is 8.58. The first kappa shape index (κ1) is 21.0. The molecule has 2 aromatic carbocycles. The molecule has 5 rings (SSSR count). The first-order valence-corrected chi connectivity index (χ1v) is 10.3. The summed E-state index contributed by atoms with van der Waals surface area (Å²) >= 11 is 0. The minimum absolute atomic E-state index is 0.105. The monoisotopic (exact) mass is 453 g/mol. The largest absolute Gasteiger partial charge is 0.494 e. The van der Waals surface area contributed by atoms with E-state index in [-0.39, 0.29) is 11.5 Å². The Bertz CT molecular complexity index is 1530. The minimum Gasteiger partial charge on any atom is -0.494 e. The van der Waals surface area contributed by atoms with Crippen molar-refractivity contribution >= 4 is 22.8 Å². The number of benzene rings is 2. The van der Waals surface area contributed by atoms with E-state index in [9.17, 15) is 9.90 Å². The number of carbonyl (C=O) groups is 1. The lowest BCUT2D eigenvalue weighted by molar-refractivity contribution is 0.0697. The topological polar surface area (TPSA) is 142 Å². The Hall–Kier alpha value is -4.86. The molecule has 0 saturated heterocycles. The zero-order valence-electron chi connectivity index (χ0n) is 18.1. The number of nitrogen functional groups attached to an aromatic ring is 1. The Morgan fingerprint density at radius 2 is 1.82 bits per heavy atom. The van der Waals surface area contributed by atoms with Crippen molar-refractivity contribution in [3.8, 4) is 28.4 Å². The number of anilines is 1. The van der Waals surface area contributed by atoms with Crippen LogP contribution < -0.4 is 10.5 Å². The van der Waals surface area contributed by atoms with Crippen molar-refractivity contribution in [3.05, 3.63) is 78.1 Å². The SMILES string of the molecule is COc1cccc2c(-c3cn(Cc4cccc(-c5ccccc5C(=O)O)n4)nn3)nc(N)nc12. The highest BCUT2D eigenvalue weighted by Gasteiger charge is 2.16. The van der Waals surface area contributed by atoms with Crippen LogP contribution in [0.5, 0.6) is 5.75 Å². The summed E-state index contributed by atoms with van der Waals surface area (Å²) in [6.07, 6.45) is 1.75. The van der Waals surface area contributed by atoms with Crippen LogP contribution >= 0.6 is 0 Å². The molecule has 0 atom stereocenters. The molecule has 0 aliphatic heterocycles. The molecule has 0 unspecified atom stereocenters. The van der Waals surface area contributed by atoms with Gasteiger partial charge in [-0.05, 0) is 24.3 Å². The van der Waals surface area contributed by atoms with E-state index in [4.69, 9.17) is 10.5 Å². The number of pyridine rings is 1. The molecule has 3 N–H and O–H groups in total. The van der Waals surface area contributed by atoms with Crippen molar-refractivity contribution in [1.82, 2.24) is 29.9 Å². The predicted molar refractivity (Wildman–Crippen MR) is 125 cm³/mol. The molecule has 0 saturated carbocycles. The normalized spacial score (nSPS) is 11.0. The van der Waals surface area contributed by atoms with E-state index in [1.807, 2.05) is 24.3 Å². The fourth-order valence-electron chi connectivity index (χ4n) is 3.76. The highest BCUT2D eigenvalue weighted by atomic mass is 16.5. The average Bonchev–Trinajstić information content (AvgIpc) is 3.31. The van der Waals surface area contributed by atoms with Crippen molar-refractivity contribution in [3.63, 3.8) is 0 Å². The summed E-state index contributed by atoms with van der Waals surface area (Å²) in [5, 5.41) is 18.7. The van der Waals surface area contributed by atoms with Gasteiger partial charge >= 0.3 is 5.97 Å². The number of carboxylic acids is 1. The molecule has 0 fully saturated rings. The molecule has 0 amide bonds. The standard InChI is InChI=1S/C24H19N7O3/c1-34-20-11-5-9-17-21(27-24(25)28-22(17)20)19-13-31(30-29-19)12-14-6-4-10-18(26-14)15-7-2-3-8-16(15)23(32)33/h2-11,13H,12H2,1H3,(H,32,33)(H2,25,27,28). The molecule has 168 valence electrons. The number of methoxy groups -OCH3 is 1.